The predicted molar refractivity (Wildman–Crippen MR) is 234 cm³/mol. The quantitative estimate of drug-likeness (QED) is 0.133. The number of hydrogen-bond donors (Lipinski definition) is 2. The van der Waals surface area contributed by atoms with Crippen molar-refractivity contribution in [3.05, 3.63) is 91.0 Å². The summed E-state index contributed by atoms with van der Waals surface area (Å²) in [6.07, 6.45) is 6.74. The maximum absolute atomic E-state index is 11.3. The van der Waals surface area contributed by atoms with Gasteiger partial charge in [-0.3, -0.25) is 0 Å². The molecule has 12 heteroatoms. The Kier molecular flexibility index (Phi) is 12.1. The molecule has 5 aliphatic rings. The Morgan fingerprint density at radius 1 is 0.383 bits per heavy atom. The fraction of sp³-hybridized carbons (Fsp3) is 0.500. The summed E-state index contributed by atoms with van der Waals surface area (Å²) in [4.78, 5) is 0. The molecule has 4 aromatic rings. The fourth-order valence-electron chi connectivity index (χ4n) is 10.6. The number of aliphatic hydroxyl groups is 2. The van der Waals surface area contributed by atoms with Gasteiger partial charge in [-0.05, 0) is 49.9 Å². The molecule has 2 N–H and O–H groups in total. The minimum atomic E-state index is -0.305. The van der Waals surface area contributed by atoms with Crippen molar-refractivity contribution in [2.75, 3.05) is 27.2 Å². The van der Waals surface area contributed by atoms with E-state index in [1.54, 1.807) is 0 Å². The summed E-state index contributed by atoms with van der Waals surface area (Å²) in [6.45, 7) is 7.89. The number of rotatable bonds is 12. The summed E-state index contributed by atoms with van der Waals surface area (Å²) in [5.41, 5.74) is 11.2. The second kappa shape index (κ2) is 17.5. The Balaban J connectivity index is 1.50. The van der Waals surface area contributed by atoms with Crippen LogP contribution in [0.15, 0.2) is 24.3 Å². The Hall–Kier alpha value is -3.84. The van der Waals surface area contributed by atoms with Crippen LogP contribution in [-0.4, -0.2) is 37.4 Å². The van der Waals surface area contributed by atoms with Crippen LogP contribution in [0.1, 0.15) is 169 Å². The zero-order chi connectivity index (χ0) is 41.7. The van der Waals surface area contributed by atoms with Crippen molar-refractivity contribution >= 4 is 31.9 Å². The van der Waals surface area contributed by atoms with Gasteiger partial charge in [0.05, 0.1) is 24.3 Å². The van der Waals surface area contributed by atoms with Crippen molar-refractivity contribution in [3.8, 4) is 46.0 Å². The number of hydrogen-bond acceptors (Lipinski definition) is 10. The van der Waals surface area contributed by atoms with E-state index in [1.807, 2.05) is 0 Å². The average molecular weight is 951 g/mol. The summed E-state index contributed by atoms with van der Waals surface area (Å²) < 4.78 is 53.2. The van der Waals surface area contributed by atoms with E-state index in [-0.39, 0.29) is 64.1 Å². The highest BCUT2D eigenvalue weighted by Gasteiger charge is 2.41. The van der Waals surface area contributed by atoms with E-state index < -0.39 is 0 Å². The normalized spacial score (nSPS) is 20.3. The molecule has 0 saturated heterocycles. The Bertz CT molecular complexity index is 1850. The van der Waals surface area contributed by atoms with Gasteiger partial charge in [0.25, 0.3) is 0 Å². The van der Waals surface area contributed by atoms with E-state index in [1.165, 1.54) is 0 Å². The van der Waals surface area contributed by atoms with E-state index in [0.717, 1.165) is 130 Å². The molecular formula is C48H54Br2O10. The van der Waals surface area contributed by atoms with Gasteiger partial charge in [0.15, 0.2) is 0 Å². The zero-order valence-electron chi connectivity index (χ0n) is 34.8. The third-order valence-corrected chi connectivity index (χ3v) is 14.2. The molecular weight excluding hydrogens is 896 g/mol. The van der Waals surface area contributed by atoms with E-state index in [9.17, 15) is 10.2 Å². The highest BCUT2D eigenvalue weighted by molar-refractivity contribution is 9.08. The third-order valence-electron chi connectivity index (χ3n) is 13.1. The van der Waals surface area contributed by atoms with Gasteiger partial charge in [0.2, 0.25) is 27.2 Å². The van der Waals surface area contributed by atoms with Gasteiger partial charge in [-0.25, -0.2) is 0 Å². The van der Waals surface area contributed by atoms with Crippen molar-refractivity contribution in [1.29, 1.82) is 0 Å². The minimum Gasteiger partial charge on any atom is -0.457 e. The standard InChI is InChI=1S/C48H54Br2O10/c1-5-9-25-29-13-31-26(10-6-2)33-15-35-28(12-8-4)36-16-34-27(11-7-3)32-14-30(25)42-38(18-50)44(32)56-23-58-46(34)40(20-52)48(36)60-24-59-47(35)39(19-51)45(33)57-22-55-43(31)37(17-49)41(29)53-21-54-42/h13-16,25-28,51-52H,5-12,17-24H2,1-4H3. The molecule has 8 bridgehead atoms. The second-order valence-corrected chi connectivity index (χ2v) is 17.5. The van der Waals surface area contributed by atoms with E-state index in [4.69, 9.17) is 37.9 Å². The largest absolute Gasteiger partial charge is 0.457 e. The third kappa shape index (κ3) is 6.61. The summed E-state index contributed by atoms with van der Waals surface area (Å²) in [5.74, 6) is 4.62. The van der Waals surface area contributed by atoms with Crippen LogP contribution in [0.25, 0.3) is 0 Å². The molecule has 0 amide bonds. The summed E-state index contributed by atoms with van der Waals surface area (Å²) in [5, 5.41) is 23.6. The molecule has 4 aliphatic heterocycles. The van der Waals surface area contributed by atoms with Gasteiger partial charge in [0, 0.05) is 90.0 Å². The molecule has 0 fully saturated rings. The summed E-state index contributed by atoms with van der Waals surface area (Å²) in [7, 11) is 0. The molecule has 0 saturated carbocycles. The Morgan fingerprint density at radius 2 is 0.583 bits per heavy atom. The molecule has 2 atom stereocenters. The van der Waals surface area contributed by atoms with Gasteiger partial charge >= 0.3 is 0 Å². The highest BCUT2D eigenvalue weighted by Crippen LogP contribution is 2.58. The van der Waals surface area contributed by atoms with Gasteiger partial charge in [-0.1, -0.05) is 85.2 Å². The van der Waals surface area contributed by atoms with Crippen LogP contribution in [0, 0.1) is 0 Å². The Morgan fingerprint density at radius 3 is 0.750 bits per heavy atom. The van der Waals surface area contributed by atoms with Crippen LogP contribution >= 0.6 is 31.9 Å². The summed E-state index contributed by atoms with van der Waals surface area (Å²) >= 11 is 7.75. The Labute approximate surface area is 369 Å². The first-order valence-electron chi connectivity index (χ1n) is 21.6. The average Bonchev–Trinajstić information content (AvgIpc) is 3.24. The topological polar surface area (TPSA) is 114 Å². The lowest BCUT2D eigenvalue weighted by Gasteiger charge is -2.37. The number of ether oxygens (including phenoxy) is 8. The molecule has 60 heavy (non-hydrogen) atoms. The lowest BCUT2D eigenvalue weighted by molar-refractivity contribution is 0.0913. The smallest absolute Gasteiger partial charge is 0.230 e. The fourth-order valence-corrected chi connectivity index (χ4v) is 11.6. The number of alkyl halides is 2. The van der Waals surface area contributed by atoms with Gasteiger partial charge < -0.3 is 48.1 Å². The monoisotopic (exact) mass is 948 g/mol. The lowest BCUT2D eigenvalue weighted by atomic mass is 9.74. The van der Waals surface area contributed by atoms with Crippen LogP contribution in [0.2, 0.25) is 0 Å². The van der Waals surface area contributed by atoms with Crippen molar-refractivity contribution in [1.82, 2.24) is 0 Å². The first kappa shape index (κ1) is 41.5. The molecule has 4 aromatic carbocycles. The second-order valence-electron chi connectivity index (χ2n) is 16.3. The lowest BCUT2D eigenvalue weighted by Crippen LogP contribution is -2.25. The maximum atomic E-state index is 11.3. The van der Waals surface area contributed by atoms with E-state index >= 15 is 0 Å². The molecule has 4 heterocycles. The van der Waals surface area contributed by atoms with Crippen molar-refractivity contribution in [2.45, 2.75) is 127 Å². The highest BCUT2D eigenvalue weighted by atomic mass is 79.9. The molecule has 1 aliphatic carbocycles. The molecule has 10 nitrogen and oxygen atoms in total. The zero-order valence-corrected chi connectivity index (χ0v) is 38.0. The number of halogens is 2. The van der Waals surface area contributed by atoms with Crippen molar-refractivity contribution in [2.24, 2.45) is 0 Å². The van der Waals surface area contributed by atoms with E-state index in [2.05, 4.69) is 83.8 Å². The van der Waals surface area contributed by atoms with Crippen LogP contribution in [0.4, 0.5) is 0 Å². The molecule has 320 valence electrons. The van der Waals surface area contributed by atoms with Crippen LogP contribution < -0.4 is 37.9 Å². The van der Waals surface area contributed by atoms with Gasteiger partial charge in [-0.15, -0.1) is 0 Å². The van der Waals surface area contributed by atoms with Gasteiger partial charge in [0.1, 0.15) is 46.0 Å². The summed E-state index contributed by atoms with van der Waals surface area (Å²) in [6, 6.07) is 9.20. The molecule has 0 radical (unpaired) electrons. The molecule has 0 aromatic heterocycles. The number of aliphatic hydroxyl groups excluding tert-OH is 2. The predicted octanol–water partition coefficient (Wildman–Crippen LogP) is 11.4. The minimum absolute atomic E-state index is 0.0112. The van der Waals surface area contributed by atoms with Crippen molar-refractivity contribution < 1.29 is 48.1 Å². The van der Waals surface area contributed by atoms with Crippen LogP contribution in [-0.2, 0) is 23.9 Å². The molecule has 2 unspecified atom stereocenters. The van der Waals surface area contributed by atoms with Gasteiger partial charge in [-0.2, -0.15) is 0 Å². The maximum Gasteiger partial charge on any atom is 0.230 e. The SMILES string of the molecule is CCCC1c2cc3c4c(CO)c2OCOc2c1cc1c(c2CO)OCOc2c(cc5c(c2CBr)OCOc2c(cc(c(c2CBr)OCO4)C3CCC)C5CCC)C1CCC. The molecule has 9 rings (SSSR count). The van der Waals surface area contributed by atoms with Crippen LogP contribution in [0.3, 0.4) is 0 Å². The van der Waals surface area contributed by atoms with E-state index in [0.29, 0.717) is 44.8 Å². The first-order valence-corrected chi connectivity index (χ1v) is 23.8. The molecule has 0 spiro atoms. The van der Waals surface area contributed by atoms with Crippen molar-refractivity contribution in [3.63, 3.8) is 0 Å². The van der Waals surface area contributed by atoms with Crippen LogP contribution in [0.5, 0.6) is 46.0 Å². The first-order chi connectivity index (χ1) is 29.5. The number of benzene rings is 4.